The molecule has 0 atom stereocenters. The summed E-state index contributed by atoms with van der Waals surface area (Å²) in [5, 5.41) is 2.91. The predicted octanol–water partition coefficient (Wildman–Crippen LogP) is 3.32. The molecule has 0 aromatic heterocycles. The molecule has 2 N–H and O–H groups in total. The Labute approximate surface area is 162 Å². The van der Waals surface area contributed by atoms with Crippen LogP contribution in [0.1, 0.15) is 43.9 Å². The maximum absolute atomic E-state index is 12.3. The third-order valence-electron chi connectivity index (χ3n) is 3.93. The van der Waals surface area contributed by atoms with Crippen molar-refractivity contribution in [1.29, 1.82) is 0 Å². The third kappa shape index (κ3) is 7.15. The lowest BCUT2D eigenvalue weighted by atomic mass is 10.1. The van der Waals surface area contributed by atoms with Gasteiger partial charge in [0, 0.05) is 18.5 Å². The highest BCUT2D eigenvalue weighted by molar-refractivity contribution is 7.89. The van der Waals surface area contributed by atoms with E-state index in [1.807, 2.05) is 31.2 Å². The summed E-state index contributed by atoms with van der Waals surface area (Å²) in [4.78, 5) is 12.2. The topological polar surface area (TPSA) is 75.3 Å². The summed E-state index contributed by atoms with van der Waals surface area (Å²) >= 11 is 0. The van der Waals surface area contributed by atoms with E-state index in [-0.39, 0.29) is 10.8 Å². The quantitative estimate of drug-likeness (QED) is 0.764. The van der Waals surface area contributed by atoms with Crippen molar-refractivity contribution in [3.8, 4) is 0 Å². The zero-order chi connectivity index (χ0) is 20.1. The van der Waals surface area contributed by atoms with Crippen molar-refractivity contribution in [2.75, 3.05) is 0 Å². The van der Waals surface area contributed by atoms with Crippen LogP contribution in [0.15, 0.2) is 53.4 Å². The van der Waals surface area contributed by atoms with Crippen LogP contribution in [-0.2, 0) is 27.8 Å². The molecule has 146 valence electrons. The molecule has 0 saturated carbocycles. The zero-order valence-electron chi connectivity index (χ0n) is 16.4. The van der Waals surface area contributed by atoms with Crippen LogP contribution in [0.2, 0.25) is 0 Å². The van der Waals surface area contributed by atoms with Crippen molar-refractivity contribution in [3.63, 3.8) is 0 Å². The van der Waals surface area contributed by atoms with Crippen LogP contribution in [-0.4, -0.2) is 19.9 Å². The van der Waals surface area contributed by atoms with Crippen LogP contribution in [0.25, 0.3) is 0 Å². The molecule has 6 heteroatoms. The van der Waals surface area contributed by atoms with E-state index < -0.39 is 15.6 Å². The molecule has 0 fully saturated rings. The third-order valence-corrected chi connectivity index (χ3v) is 5.70. The molecule has 2 aromatic rings. The molecule has 2 aromatic carbocycles. The minimum absolute atomic E-state index is 0.0262. The number of benzene rings is 2. The highest BCUT2D eigenvalue weighted by atomic mass is 32.2. The first-order valence-electron chi connectivity index (χ1n) is 9.00. The van der Waals surface area contributed by atoms with Gasteiger partial charge in [0.25, 0.3) is 0 Å². The molecule has 0 spiro atoms. The molecule has 27 heavy (non-hydrogen) atoms. The largest absolute Gasteiger partial charge is 0.352 e. The minimum atomic E-state index is -3.54. The van der Waals surface area contributed by atoms with Gasteiger partial charge in [-0.1, -0.05) is 42.0 Å². The Morgan fingerprint density at radius 1 is 0.926 bits per heavy atom. The average molecular weight is 389 g/mol. The van der Waals surface area contributed by atoms with Crippen molar-refractivity contribution in [2.45, 2.75) is 57.5 Å². The highest BCUT2D eigenvalue weighted by Crippen LogP contribution is 2.14. The standard InChI is InChI=1S/C21H28N2O3S/c1-16-5-7-18(8-6-16)15-22-20(24)14-11-17-9-12-19(13-10-17)27(25,26)23-21(2,3)4/h5-10,12-13,23H,11,14-15H2,1-4H3,(H,22,24). The van der Waals surface area contributed by atoms with E-state index in [0.29, 0.717) is 19.4 Å². The Morgan fingerprint density at radius 3 is 2.04 bits per heavy atom. The minimum Gasteiger partial charge on any atom is -0.352 e. The van der Waals surface area contributed by atoms with Gasteiger partial charge in [0.05, 0.1) is 4.90 Å². The maximum atomic E-state index is 12.3. The summed E-state index contributed by atoms with van der Waals surface area (Å²) in [5.41, 5.74) is 2.64. The summed E-state index contributed by atoms with van der Waals surface area (Å²) in [5.74, 6) is -0.0262. The molecule has 0 aliphatic heterocycles. The van der Waals surface area contributed by atoms with Gasteiger partial charge < -0.3 is 5.32 Å². The van der Waals surface area contributed by atoms with Gasteiger partial charge in [-0.15, -0.1) is 0 Å². The summed E-state index contributed by atoms with van der Waals surface area (Å²) in [6.45, 7) is 7.93. The lowest BCUT2D eigenvalue weighted by Gasteiger charge is -2.20. The second-order valence-corrected chi connectivity index (χ2v) is 9.44. The number of rotatable bonds is 7. The first kappa shape index (κ1) is 21.1. The molecule has 5 nitrogen and oxygen atoms in total. The Morgan fingerprint density at radius 2 is 1.48 bits per heavy atom. The fraction of sp³-hybridized carbons (Fsp3) is 0.381. The van der Waals surface area contributed by atoms with Gasteiger partial charge in [0.1, 0.15) is 0 Å². The summed E-state index contributed by atoms with van der Waals surface area (Å²) in [6.07, 6.45) is 0.922. The van der Waals surface area contributed by atoms with Gasteiger partial charge in [-0.05, 0) is 57.4 Å². The van der Waals surface area contributed by atoms with Gasteiger partial charge in [0.2, 0.25) is 15.9 Å². The van der Waals surface area contributed by atoms with Crippen LogP contribution in [0, 0.1) is 6.92 Å². The van der Waals surface area contributed by atoms with Crippen LogP contribution in [0.4, 0.5) is 0 Å². The molecule has 0 unspecified atom stereocenters. The van der Waals surface area contributed by atoms with Gasteiger partial charge in [-0.3, -0.25) is 4.79 Å². The molecular formula is C21H28N2O3S. The van der Waals surface area contributed by atoms with E-state index in [1.165, 1.54) is 5.56 Å². The molecule has 0 aliphatic carbocycles. The Bertz CT molecular complexity index is 865. The van der Waals surface area contributed by atoms with Crippen molar-refractivity contribution >= 4 is 15.9 Å². The molecular weight excluding hydrogens is 360 g/mol. The number of amides is 1. The molecule has 0 aliphatic rings. The molecule has 2 rings (SSSR count). The van der Waals surface area contributed by atoms with Crippen molar-refractivity contribution in [2.24, 2.45) is 0 Å². The van der Waals surface area contributed by atoms with Crippen LogP contribution >= 0.6 is 0 Å². The number of sulfonamides is 1. The van der Waals surface area contributed by atoms with Gasteiger partial charge in [-0.25, -0.2) is 13.1 Å². The lowest BCUT2D eigenvalue weighted by molar-refractivity contribution is -0.121. The van der Waals surface area contributed by atoms with E-state index in [1.54, 1.807) is 45.0 Å². The van der Waals surface area contributed by atoms with E-state index in [0.717, 1.165) is 11.1 Å². The Hall–Kier alpha value is -2.18. The number of hydrogen-bond donors (Lipinski definition) is 2. The second kappa shape index (κ2) is 8.67. The molecule has 0 bridgehead atoms. The van der Waals surface area contributed by atoms with Crippen LogP contribution < -0.4 is 10.0 Å². The van der Waals surface area contributed by atoms with E-state index in [2.05, 4.69) is 10.0 Å². The number of carbonyl (C=O) groups is 1. The first-order valence-corrected chi connectivity index (χ1v) is 10.5. The maximum Gasteiger partial charge on any atom is 0.241 e. The number of aryl methyl sites for hydroxylation is 2. The van der Waals surface area contributed by atoms with E-state index in [4.69, 9.17) is 0 Å². The first-order chi connectivity index (χ1) is 12.5. The van der Waals surface area contributed by atoms with Gasteiger partial charge in [-0.2, -0.15) is 0 Å². The lowest BCUT2D eigenvalue weighted by Crippen LogP contribution is -2.40. The Balaban J connectivity index is 1.85. The zero-order valence-corrected chi connectivity index (χ0v) is 17.2. The molecule has 0 saturated heterocycles. The monoisotopic (exact) mass is 388 g/mol. The normalized spacial score (nSPS) is 12.0. The fourth-order valence-corrected chi connectivity index (χ4v) is 3.97. The van der Waals surface area contributed by atoms with Gasteiger partial charge >= 0.3 is 0 Å². The smallest absolute Gasteiger partial charge is 0.241 e. The molecule has 0 radical (unpaired) electrons. The fourth-order valence-electron chi connectivity index (χ4n) is 2.55. The average Bonchev–Trinajstić information content (AvgIpc) is 2.58. The van der Waals surface area contributed by atoms with E-state index >= 15 is 0 Å². The highest BCUT2D eigenvalue weighted by Gasteiger charge is 2.21. The van der Waals surface area contributed by atoms with Crippen molar-refractivity contribution in [3.05, 3.63) is 65.2 Å². The number of carbonyl (C=O) groups excluding carboxylic acids is 1. The summed E-state index contributed by atoms with van der Waals surface area (Å²) in [7, 11) is -3.54. The molecule has 0 heterocycles. The Kier molecular flexibility index (Phi) is 6.78. The summed E-state index contributed by atoms with van der Waals surface area (Å²) < 4.78 is 27.2. The predicted molar refractivity (Wildman–Crippen MR) is 108 cm³/mol. The second-order valence-electron chi connectivity index (χ2n) is 7.76. The molecule has 1 amide bonds. The van der Waals surface area contributed by atoms with Crippen molar-refractivity contribution in [1.82, 2.24) is 10.0 Å². The summed E-state index contributed by atoms with van der Waals surface area (Å²) in [6, 6.07) is 14.7. The number of nitrogens with one attached hydrogen (secondary N) is 2. The van der Waals surface area contributed by atoms with E-state index in [9.17, 15) is 13.2 Å². The SMILES string of the molecule is Cc1ccc(CNC(=O)CCc2ccc(S(=O)(=O)NC(C)(C)C)cc2)cc1. The van der Waals surface area contributed by atoms with Gasteiger partial charge in [0.15, 0.2) is 0 Å². The number of hydrogen-bond acceptors (Lipinski definition) is 3. The van der Waals surface area contributed by atoms with Crippen molar-refractivity contribution < 1.29 is 13.2 Å². The van der Waals surface area contributed by atoms with Crippen LogP contribution in [0.5, 0.6) is 0 Å². The van der Waals surface area contributed by atoms with Crippen LogP contribution in [0.3, 0.4) is 0 Å².